The van der Waals surface area contributed by atoms with Gasteiger partial charge in [0.05, 0.1) is 19.8 Å². The van der Waals surface area contributed by atoms with Crippen LogP contribution in [0.2, 0.25) is 0 Å². The molecule has 3 rings (SSSR count). The molecule has 3 aliphatic heterocycles. The van der Waals surface area contributed by atoms with Crippen molar-refractivity contribution in [3.63, 3.8) is 0 Å². The Morgan fingerprint density at radius 2 is 0.941 bits per heavy atom. The van der Waals surface area contributed by atoms with E-state index in [0.717, 1.165) is 0 Å². The number of aliphatic hydroxyl groups is 11. The molecule has 15 atom stereocenters. The normalized spacial score (nSPS) is 52.5. The average Bonchev–Trinajstić information content (AvgIpc) is 2.83. The van der Waals surface area contributed by atoms with Gasteiger partial charge in [-0.15, -0.1) is 0 Å². The Labute approximate surface area is 192 Å². The highest BCUT2D eigenvalue weighted by atomic mass is 16.7. The number of ether oxygens (including phenoxy) is 5. The predicted octanol–water partition coefficient (Wildman–Crippen LogP) is -7.57. The highest BCUT2D eigenvalue weighted by Gasteiger charge is 2.53. The van der Waals surface area contributed by atoms with Crippen molar-refractivity contribution in [2.45, 2.75) is 92.1 Å². The van der Waals surface area contributed by atoms with Crippen molar-refractivity contribution in [3.8, 4) is 0 Å². The van der Waals surface area contributed by atoms with Gasteiger partial charge in [-0.25, -0.2) is 0 Å². The van der Waals surface area contributed by atoms with Crippen molar-refractivity contribution >= 4 is 0 Å². The molecule has 3 aliphatic rings. The molecule has 3 heterocycles. The van der Waals surface area contributed by atoms with Crippen LogP contribution in [0.1, 0.15) is 0 Å². The largest absolute Gasteiger partial charge is 0.394 e. The quantitative estimate of drug-likeness (QED) is 0.154. The standard InChI is InChI=1S/C18H32O16/c19-1-4-7(22)9(24)12(27)17(31-4)34-15-8(23)5(2-20)32-18(13(15)28)33-14-6(3-21)30-16(29)11(26)10(14)25/h4-29H,1-3H2/t4-,5-,6-,7-,8-,9+,10-,11-,12-,13-,14-,15+,16?,17+,18-/m1/s1. The molecule has 200 valence electrons. The van der Waals surface area contributed by atoms with Gasteiger partial charge in [0, 0.05) is 0 Å². The van der Waals surface area contributed by atoms with Crippen LogP contribution in [-0.2, 0) is 23.7 Å². The Morgan fingerprint density at radius 1 is 0.441 bits per heavy atom. The maximum atomic E-state index is 10.8. The van der Waals surface area contributed by atoms with Crippen LogP contribution >= 0.6 is 0 Å². The van der Waals surface area contributed by atoms with Crippen molar-refractivity contribution in [2.75, 3.05) is 19.8 Å². The first kappa shape index (κ1) is 27.9. The summed E-state index contributed by atoms with van der Waals surface area (Å²) in [6.45, 7) is -2.34. The maximum absolute atomic E-state index is 10.8. The zero-order valence-corrected chi connectivity index (χ0v) is 17.7. The second kappa shape index (κ2) is 11.6. The number of hydrogen-bond donors (Lipinski definition) is 11. The number of rotatable bonds is 7. The van der Waals surface area contributed by atoms with E-state index in [4.69, 9.17) is 23.7 Å². The van der Waals surface area contributed by atoms with Crippen LogP contribution in [0.3, 0.4) is 0 Å². The summed E-state index contributed by atoms with van der Waals surface area (Å²) in [5, 5.41) is 109. The fraction of sp³-hybridized carbons (Fsp3) is 1.00. The molecule has 0 bridgehead atoms. The summed E-state index contributed by atoms with van der Waals surface area (Å²) in [7, 11) is 0. The van der Waals surface area contributed by atoms with Crippen molar-refractivity contribution in [1.29, 1.82) is 0 Å². The minimum atomic E-state index is -1.90. The third kappa shape index (κ3) is 5.37. The highest BCUT2D eigenvalue weighted by molar-refractivity contribution is 4.96. The van der Waals surface area contributed by atoms with E-state index < -0.39 is 112 Å². The summed E-state index contributed by atoms with van der Waals surface area (Å²) in [6, 6.07) is 0. The minimum absolute atomic E-state index is 0.759. The lowest BCUT2D eigenvalue weighted by molar-refractivity contribution is -0.378. The van der Waals surface area contributed by atoms with Gasteiger partial charge in [0.25, 0.3) is 0 Å². The molecule has 0 amide bonds. The number of aliphatic hydroxyl groups excluding tert-OH is 11. The van der Waals surface area contributed by atoms with Crippen LogP contribution in [0.5, 0.6) is 0 Å². The first-order valence-electron chi connectivity index (χ1n) is 10.6. The molecule has 16 heteroatoms. The molecule has 11 N–H and O–H groups in total. The fourth-order valence-electron chi connectivity index (χ4n) is 4.05. The van der Waals surface area contributed by atoms with E-state index in [1.54, 1.807) is 0 Å². The van der Waals surface area contributed by atoms with Crippen LogP contribution in [0.25, 0.3) is 0 Å². The molecular formula is C18H32O16. The summed E-state index contributed by atoms with van der Waals surface area (Å²) in [5.41, 5.74) is 0. The second-order valence-corrected chi connectivity index (χ2v) is 8.33. The van der Waals surface area contributed by atoms with Gasteiger partial charge in [-0.3, -0.25) is 0 Å². The highest BCUT2D eigenvalue weighted by Crippen LogP contribution is 2.32. The molecule has 34 heavy (non-hydrogen) atoms. The SMILES string of the molecule is OC[C@H]1O[C@@H](O[C@@H]2[C@@H](O)[C@@H](O[C@H]3[C@H](O)[C@@H](O)C(O)O[C@@H]3CO)O[C@H](CO)[C@H]2O)[C@H](O)[C@@H](O)[C@@H]1O. The first-order chi connectivity index (χ1) is 16.0. The molecular weight excluding hydrogens is 472 g/mol. The molecule has 3 saturated heterocycles. The molecule has 0 aliphatic carbocycles. The molecule has 0 spiro atoms. The fourth-order valence-corrected chi connectivity index (χ4v) is 4.05. The lowest BCUT2D eigenvalue weighted by Crippen LogP contribution is -2.66. The van der Waals surface area contributed by atoms with E-state index in [0.29, 0.717) is 0 Å². The molecule has 0 radical (unpaired) electrons. The average molecular weight is 504 g/mol. The summed E-state index contributed by atoms with van der Waals surface area (Å²) in [6.07, 6.45) is -25.4. The van der Waals surface area contributed by atoms with Crippen LogP contribution < -0.4 is 0 Å². The lowest BCUT2D eigenvalue weighted by atomic mass is 9.96. The van der Waals surface area contributed by atoms with Gasteiger partial charge in [0.2, 0.25) is 0 Å². The Bertz CT molecular complexity index is 637. The van der Waals surface area contributed by atoms with Crippen molar-refractivity contribution in [3.05, 3.63) is 0 Å². The van der Waals surface area contributed by atoms with E-state index in [9.17, 15) is 56.2 Å². The Balaban J connectivity index is 1.78. The van der Waals surface area contributed by atoms with E-state index in [2.05, 4.69) is 0 Å². The first-order valence-corrected chi connectivity index (χ1v) is 10.6. The maximum Gasteiger partial charge on any atom is 0.187 e. The van der Waals surface area contributed by atoms with Gasteiger partial charge < -0.3 is 79.9 Å². The molecule has 1 unspecified atom stereocenters. The van der Waals surface area contributed by atoms with Gasteiger partial charge in [0.15, 0.2) is 18.9 Å². The van der Waals surface area contributed by atoms with E-state index >= 15 is 0 Å². The molecule has 3 fully saturated rings. The Kier molecular flexibility index (Phi) is 9.54. The van der Waals surface area contributed by atoms with Crippen molar-refractivity contribution in [2.24, 2.45) is 0 Å². The third-order valence-electron chi connectivity index (χ3n) is 6.09. The van der Waals surface area contributed by atoms with Gasteiger partial charge in [-0.05, 0) is 0 Å². The van der Waals surface area contributed by atoms with Gasteiger partial charge in [0.1, 0.15) is 73.2 Å². The summed E-state index contributed by atoms with van der Waals surface area (Å²) in [4.78, 5) is 0. The Hall–Kier alpha value is -0.640. The summed E-state index contributed by atoms with van der Waals surface area (Å²) >= 11 is 0. The van der Waals surface area contributed by atoms with Gasteiger partial charge >= 0.3 is 0 Å². The summed E-state index contributed by atoms with van der Waals surface area (Å²) in [5.74, 6) is 0. The van der Waals surface area contributed by atoms with Gasteiger partial charge in [-0.1, -0.05) is 0 Å². The van der Waals surface area contributed by atoms with E-state index in [1.165, 1.54) is 0 Å². The predicted molar refractivity (Wildman–Crippen MR) is 101 cm³/mol. The number of hydrogen-bond acceptors (Lipinski definition) is 16. The third-order valence-corrected chi connectivity index (χ3v) is 6.09. The van der Waals surface area contributed by atoms with Crippen LogP contribution in [-0.4, -0.2) is 168 Å². The second-order valence-electron chi connectivity index (χ2n) is 8.33. The van der Waals surface area contributed by atoms with Gasteiger partial charge in [-0.2, -0.15) is 0 Å². The summed E-state index contributed by atoms with van der Waals surface area (Å²) < 4.78 is 26.4. The lowest BCUT2D eigenvalue weighted by Gasteiger charge is -2.47. The van der Waals surface area contributed by atoms with Crippen LogP contribution in [0.15, 0.2) is 0 Å². The van der Waals surface area contributed by atoms with E-state index in [1.807, 2.05) is 0 Å². The van der Waals surface area contributed by atoms with E-state index in [-0.39, 0.29) is 0 Å². The van der Waals surface area contributed by atoms with Crippen LogP contribution in [0.4, 0.5) is 0 Å². The smallest absolute Gasteiger partial charge is 0.187 e. The minimum Gasteiger partial charge on any atom is -0.394 e. The molecule has 0 aromatic rings. The van der Waals surface area contributed by atoms with Crippen LogP contribution in [0, 0.1) is 0 Å². The topological polar surface area (TPSA) is 269 Å². The molecule has 16 nitrogen and oxygen atoms in total. The monoisotopic (exact) mass is 504 g/mol. The Morgan fingerprint density at radius 3 is 1.50 bits per heavy atom. The molecule has 0 aromatic heterocycles. The van der Waals surface area contributed by atoms with Crippen molar-refractivity contribution in [1.82, 2.24) is 0 Å². The molecule has 0 aromatic carbocycles. The zero-order chi connectivity index (χ0) is 25.3. The van der Waals surface area contributed by atoms with Crippen molar-refractivity contribution < 1.29 is 79.9 Å². The molecule has 0 saturated carbocycles. The zero-order valence-electron chi connectivity index (χ0n) is 17.7.